The lowest BCUT2D eigenvalue weighted by molar-refractivity contribution is 0.779. The van der Waals surface area contributed by atoms with Crippen molar-refractivity contribution in [2.45, 2.75) is 38.5 Å². The first kappa shape index (κ1) is 11.5. The molecule has 0 aromatic heterocycles. The van der Waals surface area contributed by atoms with Gasteiger partial charge in [0.1, 0.15) is 0 Å². The molecule has 92 valence electrons. The molecule has 0 aliphatic heterocycles. The summed E-state index contributed by atoms with van der Waals surface area (Å²) in [6.45, 7) is 2.27. The van der Waals surface area contributed by atoms with E-state index >= 15 is 0 Å². The van der Waals surface area contributed by atoms with Crippen molar-refractivity contribution in [3.8, 4) is 0 Å². The molecule has 1 aromatic carbocycles. The summed E-state index contributed by atoms with van der Waals surface area (Å²) in [6, 6.07) is 6.78. The molecule has 0 fully saturated rings. The zero-order valence-corrected chi connectivity index (χ0v) is 11.0. The van der Waals surface area contributed by atoms with Crippen molar-refractivity contribution < 1.29 is 0 Å². The van der Waals surface area contributed by atoms with Gasteiger partial charge in [0, 0.05) is 5.92 Å². The number of unbranched alkanes of at least 4 members (excludes halogenated alkanes) is 1. The summed E-state index contributed by atoms with van der Waals surface area (Å²) in [5.74, 6) is 0.488. The van der Waals surface area contributed by atoms with Gasteiger partial charge in [-0.2, -0.15) is 0 Å². The van der Waals surface area contributed by atoms with Gasteiger partial charge in [0.15, 0.2) is 0 Å². The summed E-state index contributed by atoms with van der Waals surface area (Å²) in [5, 5.41) is 0. The van der Waals surface area contributed by atoms with Crippen LogP contribution in [0.4, 0.5) is 0 Å². The summed E-state index contributed by atoms with van der Waals surface area (Å²) in [6.07, 6.45) is 16.4. The molecule has 0 radical (unpaired) electrons. The minimum absolute atomic E-state index is 0.488. The van der Waals surface area contributed by atoms with Gasteiger partial charge in [-0.15, -0.1) is 0 Å². The van der Waals surface area contributed by atoms with Crippen molar-refractivity contribution in [1.82, 2.24) is 0 Å². The average Bonchev–Trinajstić information content (AvgIpc) is 3.04. The Kier molecular flexibility index (Phi) is 3.19. The van der Waals surface area contributed by atoms with E-state index in [1.54, 1.807) is 5.57 Å². The molecule has 0 saturated heterocycles. The van der Waals surface area contributed by atoms with Gasteiger partial charge in [0.2, 0.25) is 0 Å². The molecule has 2 aliphatic carbocycles. The van der Waals surface area contributed by atoms with E-state index in [4.69, 9.17) is 0 Å². The second-order valence-electron chi connectivity index (χ2n) is 5.30. The van der Waals surface area contributed by atoms with Gasteiger partial charge in [0.05, 0.1) is 0 Å². The predicted molar refractivity (Wildman–Crippen MR) is 78.7 cm³/mol. The third-order valence-electron chi connectivity index (χ3n) is 3.95. The van der Waals surface area contributed by atoms with Crippen LogP contribution in [0.3, 0.4) is 0 Å². The topological polar surface area (TPSA) is 0 Å². The van der Waals surface area contributed by atoms with Crippen LogP contribution in [0, 0.1) is 0 Å². The third kappa shape index (κ3) is 2.08. The molecule has 2 aliphatic rings. The first-order valence-corrected chi connectivity index (χ1v) is 7.04. The molecule has 18 heavy (non-hydrogen) atoms. The van der Waals surface area contributed by atoms with E-state index in [9.17, 15) is 0 Å². The summed E-state index contributed by atoms with van der Waals surface area (Å²) in [5.41, 5.74) is 6.10. The van der Waals surface area contributed by atoms with Crippen LogP contribution in [0.15, 0.2) is 48.1 Å². The summed E-state index contributed by atoms with van der Waals surface area (Å²) in [7, 11) is 0. The van der Waals surface area contributed by atoms with E-state index in [0.717, 1.165) is 0 Å². The van der Waals surface area contributed by atoms with E-state index in [-0.39, 0.29) is 0 Å². The molecule has 1 aromatic rings. The highest BCUT2D eigenvalue weighted by molar-refractivity contribution is 5.68. The fourth-order valence-corrected chi connectivity index (χ4v) is 2.96. The first-order valence-electron chi connectivity index (χ1n) is 7.04. The smallest absolute Gasteiger partial charge is 0.0210 e. The number of allylic oxidation sites excluding steroid dienone is 5. The molecule has 0 atom stereocenters. The SMILES string of the molecule is CCCCC1=Cc2c(cccc2C2C=CC=C2)C1. The monoisotopic (exact) mass is 236 g/mol. The minimum Gasteiger partial charge on any atom is -0.0732 e. The Bertz CT molecular complexity index is 517. The van der Waals surface area contributed by atoms with Crippen molar-refractivity contribution in [1.29, 1.82) is 0 Å². The molecule has 0 spiro atoms. The first-order chi connectivity index (χ1) is 8.88. The fourth-order valence-electron chi connectivity index (χ4n) is 2.96. The molecular weight excluding hydrogens is 216 g/mol. The molecule has 0 heterocycles. The van der Waals surface area contributed by atoms with E-state index in [1.807, 2.05) is 0 Å². The average molecular weight is 236 g/mol. The standard InChI is InChI=1S/C18H20/c1-2-3-7-14-12-16-10-6-11-17(18(16)13-14)15-8-4-5-9-15/h4-6,8-11,13,15H,2-3,7,12H2,1H3. The van der Waals surface area contributed by atoms with E-state index in [2.05, 4.69) is 55.5 Å². The molecule has 0 unspecified atom stereocenters. The number of fused-ring (bicyclic) bond motifs is 1. The van der Waals surface area contributed by atoms with Crippen LogP contribution in [-0.4, -0.2) is 0 Å². The van der Waals surface area contributed by atoms with Crippen molar-refractivity contribution >= 4 is 6.08 Å². The minimum atomic E-state index is 0.488. The number of hydrogen-bond donors (Lipinski definition) is 0. The van der Waals surface area contributed by atoms with Crippen LogP contribution in [0.25, 0.3) is 6.08 Å². The Balaban J connectivity index is 1.90. The van der Waals surface area contributed by atoms with Crippen molar-refractivity contribution in [2.24, 2.45) is 0 Å². The molecular formula is C18H20. The predicted octanol–water partition coefficient (Wildman–Crippen LogP) is 5.03. The zero-order chi connectivity index (χ0) is 12.4. The number of benzene rings is 1. The van der Waals surface area contributed by atoms with Crippen LogP contribution < -0.4 is 0 Å². The van der Waals surface area contributed by atoms with Crippen LogP contribution in [-0.2, 0) is 6.42 Å². The number of rotatable bonds is 4. The highest BCUT2D eigenvalue weighted by Gasteiger charge is 2.18. The van der Waals surface area contributed by atoms with Gasteiger partial charge in [-0.1, -0.05) is 67.5 Å². The van der Waals surface area contributed by atoms with Gasteiger partial charge in [-0.25, -0.2) is 0 Å². The van der Waals surface area contributed by atoms with Gasteiger partial charge in [0.25, 0.3) is 0 Å². The van der Waals surface area contributed by atoms with Crippen molar-refractivity contribution in [2.75, 3.05) is 0 Å². The fraction of sp³-hybridized carbons (Fsp3) is 0.333. The van der Waals surface area contributed by atoms with Crippen LogP contribution >= 0.6 is 0 Å². The largest absolute Gasteiger partial charge is 0.0732 e. The Morgan fingerprint density at radius 1 is 1.17 bits per heavy atom. The quantitative estimate of drug-likeness (QED) is 0.688. The van der Waals surface area contributed by atoms with Crippen LogP contribution in [0.1, 0.15) is 48.8 Å². The molecule has 0 heteroatoms. The van der Waals surface area contributed by atoms with Gasteiger partial charge in [-0.3, -0.25) is 0 Å². The van der Waals surface area contributed by atoms with Crippen molar-refractivity contribution in [3.63, 3.8) is 0 Å². The Morgan fingerprint density at radius 2 is 2.00 bits per heavy atom. The lowest BCUT2D eigenvalue weighted by Crippen LogP contribution is -1.94. The van der Waals surface area contributed by atoms with E-state index in [0.29, 0.717) is 5.92 Å². The summed E-state index contributed by atoms with van der Waals surface area (Å²) in [4.78, 5) is 0. The lowest BCUT2D eigenvalue weighted by atomic mass is 9.93. The second-order valence-corrected chi connectivity index (χ2v) is 5.30. The van der Waals surface area contributed by atoms with E-state index in [1.165, 1.54) is 42.4 Å². The zero-order valence-electron chi connectivity index (χ0n) is 11.0. The maximum absolute atomic E-state index is 2.44. The number of hydrogen-bond acceptors (Lipinski definition) is 0. The third-order valence-corrected chi connectivity index (χ3v) is 3.95. The van der Waals surface area contributed by atoms with Gasteiger partial charge < -0.3 is 0 Å². The maximum Gasteiger partial charge on any atom is 0.0210 e. The maximum atomic E-state index is 2.44. The molecule has 0 bridgehead atoms. The van der Waals surface area contributed by atoms with Crippen molar-refractivity contribution in [3.05, 3.63) is 64.8 Å². The van der Waals surface area contributed by atoms with Gasteiger partial charge in [-0.05, 0) is 36.0 Å². The summed E-state index contributed by atoms with van der Waals surface area (Å²) < 4.78 is 0. The Hall–Kier alpha value is -1.56. The van der Waals surface area contributed by atoms with Crippen LogP contribution in [0.2, 0.25) is 0 Å². The molecule has 0 nitrogen and oxygen atoms in total. The molecule has 3 rings (SSSR count). The Labute approximate surface area is 110 Å². The normalized spacial score (nSPS) is 17.3. The molecule has 0 saturated carbocycles. The summed E-state index contributed by atoms with van der Waals surface area (Å²) >= 11 is 0. The van der Waals surface area contributed by atoms with Gasteiger partial charge >= 0.3 is 0 Å². The van der Waals surface area contributed by atoms with E-state index < -0.39 is 0 Å². The van der Waals surface area contributed by atoms with Crippen LogP contribution in [0.5, 0.6) is 0 Å². The second kappa shape index (κ2) is 4.97. The highest BCUT2D eigenvalue weighted by atomic mass is 14.2. The molecule has 0 N–H and O–H groups in total. The highest BCUT2D eigenvalue weighted by Crippen LogP contribution is 2.35. The Morgan fingerprint density at radius 3 is 2.78 bits per heavy atom. The lowest BCUT2D eigenvalue weighted by Gasteiger charge is -2.11. The molecule has 0 amide bonds.